The number of aromatic amines is 1. The lowest BCUT2D eigenvalue weighted by Gasteiger charge is -2.36. The maximum absolute atomic E-state index is 12.0. The number of nitrogens with zero attached hydrogens (tertiary/aromatic N) is 1. The maximum Gasteiger partial charge on any atom is 0.308 e. The molecule has 118 valence electrons. The molecule has 1 fully saturated rings. The number of aromatic nitrogens is 2. The molecule has 0 aliphatic heterocycles. The van der Waals surface area contributed by atoms with Crippen molar-refractivity contribution in [3.05, 3.63) is 18.2 Å². The lowest BCUT2D eigenvalue weighted by Crippen LogP contribution is -2.36. The summed E-state index contributed by atoms with van der Waals surface area (Å²) in [6.45, 7) is 4.42. The Hall–Kier alpha value is -1.36. The zero-order chi connectivity index (χ0) is 15.3. The molecule has 2 rings (SSSR count). The molecule has 5 nitrogen and oxygen atoms in total. The fourth-order valence-electron chi connectivity index (χ4n) is 3.07. The Morgan fingerprint density at radius 3 is 2.76 bits per heavy atom. The van der Waals surface area contributed by atoms with Gasteiger partial charge in [0.25, 0.3) is 0 Å². The second-order valence-electron chi connectivity index (χ2n) is 6.17. The summed E-state index contributed by atoms with van der Waals surface area (Å²) in [6, 6.07) is 0. The Kier molecular flexibility index (Phi) is 5.39. The number of carbonyl (C=O) groups is 1. The third-order valence-electron chi connectivity index (χ3n) is 4.61. The van der Waals surface area contributed by atoms with E-state index in [1.54, 1.807) is 12.5 Å². The van der Waals surface area contributed by atoms with Crippen LogP contribution in [-0.2, 0) is 15.1 Å². The third kappa shape index (κ3) is 3.84. The van der Waals surface area contributed by atoms with E-state index >= 15 is 0 Å². The highest BCUT2D eigenvalue weighted by Crippen LogP contribution is 2.40. The molecule has 0 saturated heterocycles. The molecule has 0 amide bonds. The minimum atomic E-state index is -0.933. The topological polar surface area (TPSA) is 75.2 Å². The quantitative estimate of drug-likeness (QED) is 0.625. The van der Waals surface area contributed by atoms with E-state index in [1.165, 1.54) is 0 Å². The van der Waals surface area contributed by atoms with Crippen molar-refractivity contribution >= 4 is 5.97 Å². The average molecular weight is 294 g/mol. The van der Waals surface area contributed by atoms with Gasteiger partial charge in [0.2, 0.25) is 0 Å². The van der Waals surface area contributed by atoms with Crippen LogP contribution in [0.15, 0.2) is 12.5 Å². The van der Waals surface area contributed by atoms with E-state index < -0.39 is 5.60 Å². The van der Waals surface area contributed by atoms with Gasteiger partial charge in [0.05, 0.1) is 24.5 Å². The highest BCUT2D eigenvalue weighted by Gasteiger charge is 2.39. The number of H-pyrrole nitrogens is 1. The van der Waals surface area contributed by atoms with Crippen LogP contribution in [0, 0.1) is 11.8 Å². The zero-order valence-corrected chi connectivity index (χ0v) is 13.0. The average Bonchev–Trinajstić information content (AvgIpc) is 3.02. The SMILES string of the molecule is CCCCOC(=O)[C@H]1CC[C@H](C(C)(O)c2c[nH]cn2)CC1. The molecule has 1 saturated carbocycles. The summed E-state index contributed by atoms with van der Waals surface area (Å²) in [5.74, 6) is 0.0647. The van der Waals surface area contributed by atoms with Gasteiger partial charge in [-0.25, -0.2) is 4.98 Å². The van der Waals surface area contributed by atoms with Gasteiger partial charge in [-0.1, -0.05) is 13.3 Å². The van der Waals surface area contributed by atoms with Crippen molar-refractivity contribution in [3.8, 4) is 0 Å². The Balaban J connectivity index is 1.84. The number of rotatable bonds is 6. The van der Waals surface area contributed by atoms with E-state index in [1.807, 2.05) is 6.92 Å². The molecule has 0 bridgehead atoms. The molecule has 21 heavy (non-hydrogen) atoms. The van der Waals surface area contributed by atoms with Gasteiger partial charge in [0.1, 0.15) is 5.60 Å². The van der Waals surface area contributed by atoms with Crippen molar-refractivity contribution in [1.29, 1.82) is 0 Å². The monoisotopic (exact) mass is 294 g/mol. The summed E-state index contributed by atoms with van der Waals surface area (Å²) in [6.07, 6.45) is 8.51. The molecule has 1 aliphatic rings. The number of esters is 1. The van der Waals surface area contributed by atoms with Crippen LogP contribution in [0.4, 0.5) is 0 Å². The van der Waals surface area contributed by atoms with E-state index in [-0.39, 0.29) is 17.8 Å². The molecule has 0 radical (unpaired) electrons. The van der Waals surface area contributed by atoms with Crippen molar-refractivity contribution in [2.24, 2.45) is 11.8 Å². The molecular formula is C16H26N2O3. The fourth-order valence-corrected chi connectivity index (χ4v) is 3.07. The minimum absolute atomic E-state index is 0.00640. The van der Waals surface area contributed by atoms with Gasteiger partial charge < -0.3 is 14.8 Å². The second-order valence-corrected chi connectivity index (χ2v) is 6.17. The van der Waals surface area contributed by atoms with E-state index in [0.717, 1.165) is 38.5 Å². The van der Waals surface area contributed by atoms with E-state index in [9.17, 15) is 9.90 Å². The highest BCUT2D eigenvalue weighted by atomic mass is 16.5. The molecular weight excluding hydrogens is 268 g/mol. The van der Waals surface area contributed by atoms with E-state index in [2.05, 4.69) is 16.9 Å². The van der Waals surface area contributed by atoms with Gasteiger partial charge in [0, 0.05) is 6.20 Å². The fraction of sp³-hybridized carbons (Fsp3) is 0.750. The van der Waals surface area contributed by atoms with Crippen LogP contribution in [0.1, 0.15) is 58.1 Å². The standard InChI is InChI=1S/C16H26N2O3/c1-3-4-9-21-15(19)12-5-7-13(8-6-12)16(2,20)14-10-17-11-18-14/h10-13,20H,3-9H2,1-2H3,(H,17,18)/t12-,13-,16?. The van der Waals surface area contributed by atoms with Crippen LogP contribution in [0.5, 0.6) is 0 Å². The molecule has 5 heteroatoms. The molecule has 1 aromatic heterocycles. The Bertz CT molecular complexity index is 434. The summed E-state index contributed by atoms with van der Waals surface area (Å²) in [4.78, 5) is 19.0. The number of nitrogens with one attached hydrogen (secondary N) is 1. The lowest BCUT2D eigenvalue weighted by molar-refractivity contribution is -0.151. The lowest BCUT2D eigenvalue weighted by atomic mass is 9.73. The van der Waals surface area contributed by atoms with Crippen LogP contribution in [0.25, 0.3) is 0 Å². The molecule has 1 atom stereocenters. The summed E-state index contributed by atoms with van der Waals surface area (Å²) in [5, 5.41) is 10.7. The first kappa shape index (κ1) is 16.0. The van der Waals surface area contributed by atoms with E-state index in [4.69, 9.17) is 4.74 Å². The van der Waals surface area contributed by atoms with Crippen LogP contribution in [-0.4, -0.2) is 27.7 Å². The van der Waals surface area contributed by atoms with Crippen LogP contribution < -0.4 is 0 Å². The first-order valence-electron chi connectivity index (χ1n) is 7.94. The second kappa shape index (κ2) is 7.07. The van der Waals surface area contributed by atoms with Crippen molar-refractivity contribution in [1.82, 2.24) is 9.97 Å². The van der Waals surface area contributed by atoms with Crippen LogP contribution in [0.2, 0.25) is 0 Å². The maximum atomic E-state index is 12.0. The first-order chi connectivity index (χ1) is 10.1. The van der Waals surface area contributed by atoms with Gasteiger partial charge in [-0.15, -0.1) is 0 Å². The van der Waals surface area contributed by atoms with Crippen molar-refractivity contribution in [3.63, 3.8) is 0 Å². The first-order valence-corrected chi connectivity index (χ1v) is 7.94. The molecule has 1 aliphatic carbocycles. The molecule has 1 heterocycles. The predicted molar refractivity (Wildman–Crippen MR) is 79.5 cm³/mol. The number of ether oxygens (including phenoxy) is 1. The van der Waals surface area contributed by atoms with Crippen molar-refractivity contribution in [2.75, 3.05) is 6.61 Å². The largest absolute Gasteiger partial charge is 0.465 e. The van der Waals surface area contributed by atoms with Crippen molar-refractivity contribution < 1.29 is 14.6 Å². The van der Waals surface area contributed by atoms with Crippen molar-refractivity contribution in [2.45, 2.75) is 58.0 Å². The number of unbranched alkanes of at least 4 members (excludes halogenated alkanes) is 1. The highest BCUT2D eigenvalue weighted by molar-refractivity contribution is 5.72. The Morgan fingerprint density at radius 2 is 2.19 bits per heavy atom. The number of aliphatic hydroxyl groups is 1. The number of carbonyl (C=O) groups excluding carboxylic acids is 1. The summed E-state index contributed by atoms with van der Waals surface area (Å²) in [5.41, 5.74) is -0.256. The molecule has 0 spiro atoms. The number of hydrogen-bond acceptors (Lipinski definition) is 4. The molecule has 2 N–H and O–H groups in total. The summed E-state index contributed by atoms with van der Waals surface area (Å²) >= 11 is 0. The Labute approximate surface area is 126 Å². The van der Waals surface area contributed by atoms with Gasteiger partial charge >= 0.3 is 5.97 Å². The third-order valence-corrected chi connectivity index (χ3v) is 4.61. The van der Waals surface area contributed by atoms with Gasteiger partial charge in [0.15, 0.2) is 0 Å². The normalized spacial score (nSPS) is 25.3. The molecule has 1 aromatic rings. The Morgan fingerprint density at radius 1 is 1.48 bits per heavy atom. The number of imidazole rings is 1. The smallest absolute Gasteiger partial charge is 0.308 e. The summed E-state index contributed by atoms with van der Waals surface area (Å²) < 4.78 is 5.30. The molecule has 1 unspecified atom stereocenters. The minimum Gasteiger partial charge on any atom is -0.465 e. The van der Waals surface area contributed by atoms with Gasteiger partial charge in [-0.05, 0) is 44.9 Å². The molecule has 0 aromatic carbocycles. The van der Waals surface area contributed by atoms with E-state index in [0.29, 0.717) is 12.3 Å². The predicted octanol–water partition coefficient (Wildman–Crippen LogP) is 2.77. The summed E-state index contributed by atoms with van der Waals surface area (Å²) in [7, 11) is 0. The number of hydrogen-bond donors (Lipinski definition) is 2. The van der Waals surface area contributed by atoms with Crippen LogP contribution in [0.3, 0.4) is 0 Å². The van der Waals surface area contributed by atoms with Crippen LogP contribution >= 0.6 is 0 Å². The van der Waals surface area contributed by atoms with Gasteiger partial charge in [-0.2, -0.15) is 0 Å². The van der Waals surface area contributed by atoms with Gasteiger partial charge in [-0.3, -0.25) is 4.79 Å². The zero-order valence-electron chi connectivity index (χ0n) is 13.0.